The average Bonchev–Trinajstić information content (AvgIpc) is 3.35. The van der Waals surface area contributed by atoms with Gasteiger partial charge < -0.3 is 20.7 Å². The standard InChI is InChI=1S/C23H25BrClN5O2/c1-32-19-4-14(17(25)5-16(19)24)20-15-9-30(10-18(15)27-21(26)28-20)22(31)29-23-6-11-2-12(7-23)13(3-11)8-23/h4-5,11-13H,2-3,6-10H2,1H3,(H,29,31)(H2,26,27,28). The first kappa shape index (κ1) is 20.5. The largest absolute Gasteiger partial charge is 0.496 e. The number of anilines is 1. The molecule has 9 heteroatoms. The minimum Gasteiger partial charge on any atom is -0.496 e. The van der Waals surface area contributed by atoms with Gasteiger partial charge in [-0.15, -0.1) is 0 Å². The lowest BCUT2D eigenvalue weighted by Gasteiger charge is -2.40. The Morgan fingerprint density at radius 1 is 1.25 bits per heavy atom. The van der Waals surface area contributed by atoms with E-state index in [9.17, 15) is 4.79 Å². The summed E-state index contributed by atoms with van der Waals surface area (Å²) in [5.74, 6) is 3.21. The molecule has 2 heterocycles. The Morgan fingerprint density at radius 3 is 2.69 bits per heavy atom. The zero-order chi connectivity index (χ0) is 22.2. The third-order valence-electron chi connectivity index (χ3n) is 7.88. The summed E-state index contributed by atoms with van der Waals surface area (Å²) in [4.78, 5) is 24.1. The van der Waals surface area contributed by atoms with Gasteiger partial charge >= 0.3 is 6.03 Å². The summed E-state index contributed by atoms with van der Waals surface area (Å²) in [6.45, 7) is 0.844. The second-order valence-corrected chi connectivity index (χ2v) is 11.1. The molecule has 0 radical (unpaired) electrons. The molecular formula is C23H25BrClN5O2. The highest BCUT2D eigenvalue weighted by atomic mass is 79.9. The molecule has 2 atom stereocenters. The molecule has 1 aromatic heterocycles. The summed E-state index contributed by atoms with van der Waals surface area (Å²) in [6.07, 6.45) is 6.10. The number of nitrogens with zero attached hydrogens (tertiary/aromatic N) is 3. The molecule has 2 aromatic rings. The number of aromatic nitrogens is 2. The van der Waals surface area contributed by atoms with E-state index in [-0.39, 0.29) is 17.5 Å². The summed E-state index contributed by atoms with van der Waals surface area (Å²) in [5, 5.41) is 3.95. The van der Waals surface area contributed by atoms with E-state index in [4.69, 9.17) is 22.1 Å². The molecular weight excluding hydrogens is 494 g/mol. The number of hydrogen-bond donors (Lipinski definition) is 2. The van der Waals surface area contributed by atoms with Crippen molar-refractivity contribution in [1.82, 2.24) is 20.2 Å². The topological polar surface area (TPSA) is 93.4 Å². The third-order valence-corrected chi connectivity index (χ3v) is 8.81. The summed E-state index contributed by atoms with van der Waals surface area (Å²) in [6, 6.07) is 3.60. The molecule has 32 heavy (non-hydrogen) atoms. The Labute approximate surface area is 200 Å². The molecule has 4 aliphatic carbocycles. The van der Waals surface area contributed by atoms with Crippen molar-refractivity contribution in [3.8, 4) is 17.0 Å². The van der Waals surface area contributed by atoms with Gasteiger partial charge in [-0.1, -0.05) is 11.6 Å². The first-order valence-electron chi connectivity index (χ1n) is 11.1. The first-order valence-corrected chi connectivity index (χ1v) is 12.3. The van der Waals surface area contributed by atoms with E-state index in [0.717, 1.165) is 52.7 Å². The number of fused-ring (bicyclic) bond motifs is 1. The Hall–Kier alpha value is -2.06. The van der Waals surface area contributed by atoms with Gasteiger partial charge in [-0.2, -0.15) is 0 Å². The number of amides is 2. The summed E-state index contributed by atoms with van der Waals surface area (Å²) in [7, 11) is 1.60. The van der Waals surface area contributed by atoms with Crippen LogP contribution in [0.15, 0.2) is 16.6 Å². The van der Waals surface area contributed by atoms with Gasteiger partial charge in [0.05, 0.1) is 41.1 Å². The van der Waals surface area contributed by atoms with Crippen LogP contribution in [0.3, 0.4) is 0 Å². The molecule has 3 N–H and O–H groups in total. The maximum absolute atomic E-state index is 13.3. The summed E-state index contributed by atoms with van der Waals surface area (Å²) >= 11 is 10.0. The van der Waals surface area contributed by atoms with Crippen LogP contribution in [0.4, 0.5) is 10.7 Å². The first-order chi connectivity index (χ1) is 15.3. The van der Waals surface area contributed by atoms with Crippen molar-refractivity contribution < 1.29 is 9.53 Å². The summed E-state index contributed by atoms with van der Waals surface area (Å²) in [5.41, 5.74) is 9.04. The van der Waals surface area contributed by atoms with Gasteiger partial charge in [-0.3, -0.25) is 0 Å². The number of nitrogens with one attached hydrogen (secondary N) is 1. The van der Waals surface area contributed by atoms with Gasteiger partial charge in [-0.05, 0) is 77.9 Å². The molecule has 4 bridgehead atoms. The van der Waals surface area contributed by atoms with E-state index in [1.54, 1.807) is 13.2 Å². The van der Waals surface area contributed by atoms with Gasteiger partial charge in [0.25, 0.3) is 0 Å². The number of hydrogen-bond acceptors (Lipinski definition) is 5. The van der Waals surface area contributed by atoms with Gasteiger partial charge in [0.15, 0.2) is 0 Å². The number of ether oxygens (including phenoxy) is 1. The zero-order valence-corrected chi connectivity index (χ0v) is 20.2. The van der Waals surface area contributed by atoms with Crippen molar-refractivity contribution in [2.45, 2.75) is 50.7 Å². The van der Waals surface area contributed by atoms with Gasteiger partial charge in [0, 0.05) is 16.7 Å². The van der Waals surface area contributed by atoms with Crippen molar-refractivity contribution in [1.29, 1.82) is 0 Å². The molecule has 168 valence electrons. The van der Waals surface area contributed by atoms with Crippen LogP contribution in [0.5, 0.6) is 5.75 Å². The van der Waals surface area contributed by atoms with E-state index < -0.39 is 0 Å². The van der Waals surface area contributed by atoms with Crippen molar-refractivity contribution in [3.05, 3.63) is 32.9 Å². The van der Waals surface area contributed by atoms with Crippen molar-refractivity contribution in [2.24, 2.45) is 17.8 Å². The van der Waals surface area contributed by atoms with Crippen molar-refractivity contribution in [3.63, 3.8) is 0 Å². The quantitative estimate of drug-likeness (QED) is 0.611. The molecule has 4 saturated carbocycles. The van der Waals surface area contributed by atoms with E-state index in [1.807, 2.05) is 11.0 Å². The fourth-order valence-electron chi connectivity index (χ4n) is 6.78. The highest BCUT2D eigenvalue weighted by molar-refractivity contribution is 9.10. The second-order valence-electron chi connectivity index (χ2n) is 9.86. The fourth-order valence-corrected chi connectivity index (χ4v) is 7.67. The summed E-state index contributed by atoms with van der Waals surface area (Å²) < 4.78 is 6.20. The number of carbonyl (C=O) groups is 1. The smallest absolute Gasteiger partial charge is 0.318 e. The zero-order valence-electron chi connectivity index (χ0n) is 17.8. The minimum absolute atomic E-state index is 0.0156. The molecule has 5 aliphatic rings. The van der Waals surface area contributed by atoms with Crippen LogP contribution in [-0.2, 0) is 13.1 Å². The van der Waals surface area contributed by atoms with Crippen LogP contribution in [0.2, 0.25) is 5.02 Å². The highest BCUT2D eigenvalue weighted by Gasteiger charge is 2.56. The third kappa shape index (κ3) is 3.17. The molecule has 7 rings (SSSR count). The maximum atomic E-state index is 13.3. The van der Waals surface area contributed by atoms with Gasteiger partial charge in [-0.25, -0.2) is 14.8 Å². The highest BCUT2D eigenvalue weighted by Crippen LogP contribution is 2.60. The molecule has 1 aromatic carbocycles. The molecule has 2 unspecified atom stereocenters. The van der Waals surface area contributed by atoms with Crippen LogP contribution in [0.1, 0.15) is 43.4 Å². The Bertz CT molecular complexity index is 1120. The predicted molar refractivity (Wildman–Crippen MR) is 125 cm³/mol. The van der Waals surface area contributed by atoms with Crippen molar-refractivity contribution in [2.75, 3.05) is 12.8 Å². The Balaban J connectivity index is 1.28. The number of urea groups is 1. The number of benzene rings is 1. The fraction of sp³-hybridized carbons (Fsp3) is 0.522. The number of nitrogens with two attached hydrogens (primary N) is 1. The number of halogens is 2. The van der Waals surface area contributed by atoms with Crippen LogP contribution in [0, 0.1) is 17.8 Å². The normalized spacial score (nSPS) is 29.5. The van der Waals surface area contributed by atoms with Gasteiger partial charge in [0.1, 0.15) is 5.75 Å². The van der Waals surface area contributed by atoms with E-state index in [2.05, 4.69) is 31.2 Å². The maximum Gasteiger partial charge on any atom is 0.318 e. The minimum atomic E-state index is -0.0195. The van der Waals surface area contributed by atoms with Crippen LogP contribution >= 0.6 is 27.5 Å². The molecule has 4 fully saturated rings. The van der Waals surface area contributed by atoms with E-state index in [1.165, 1.54) is 12.8 Å². The Kier molecular flexibility index (Phi) is 4.63. The molecule has 0 spiro atoms. The molecule has 7 nitrogen and oxygen atoms in total. The number of nitrogen functional groups attached to an aromatic ring is 1. The lowest BCUT2D eigenvalue weighted by atomic mass is 9.76. The van der Waals surface area contributed by atoms with Crippen molar-refractivity contribution >= 4 is 39.5 Å². The molecule has 2 amide bonds. The second kappa shape index (κ2) is 7.22. The Morgan fingerprint density at radius 2 is 2.00 bits per heavy atom. The average molecular weight is 519 g/mol. The van der Waals surface area contributed by atoms with Crippen LogP contribution in [0.25, 0.3) is 11.3 Å². The van der Waals surface area contributed by atoms with Gasteiger partial charge in [0.2, 0.25) is 5.95 Å². The molecule has 0 saturated heterocycles. The monoisotopic (exact) mass is 517 g/mol. The SMILES string of the molecule is COc1cc(-c2nc(N)nc3c2CN(C(=O)NC24CC5CC(C2)C(C5)C4)C3)c(Cl)cc1Br. The lowest BCUT2D eigenvalue weighted by Crippen LogP contribution is -2.53. The van der Waals surface area contributed by atoms with E-state index >= 15 is 0 Å². The number of rotatable bonds is 3. The predicted octanol–water partition coefficient (Wildman–Crippen LogP) is 4.75. The molecule has 1 aliphatic heterocycles. The number of carbonyl (C=O) groups excluding carboxylic acids is 1. The van der Waals surface area contributed by atoms with Crippen LogP contribution in [-0.4, -0.2) is 33.5 Å². The number of methoxy groups -OCH3 is 1. The van der Waals surface area contributed by atoms with E-state index in [0.29, 0.717) is 35.1 Å². The van der Waals surface area contributed by atoms with Crippen LogP contribution < -0.4 is 15.8 Å². The lowest BCUT2D eigenvalue weighted by molar-refractivity contribution is 0.153.